The van der Waals surface area contributed by atoms with Crippen LogP contribution in [0.5, 0.6) is 0 Å². The van der Waals surface area contributed by atoms with Crippen molar-refractivity contribution >= 4 is 29.5 Å². The third kappa shape index (κ3) is 5.56. The van der Waals surface area contributed by atoms with E-state index in [0.29, 0.717) is 5.56 Å². The molecule has 2 rings (SSSR count). The second-order valence-corrected chi connectivity index (χ2v) is 5.11. The van der Waals surface area contributed by atoms with Gasteiger partial charge in [-0.25, -0.2) is 4.39 Å². The van der Waals surface area contributed by atoms with Crippen molar-refractivity contribution in [2.45, 2.75) is 6.42 Å². The minimum absolute atomic E-state index is 0.0243. The number of hydrogen-bond donors (Lipinski definition) is 2. The molecule has 23 heavy (non-hydrogen) atoms. The van der Waals surface area contributed by atoms with Crippen LogP contribution in [-0.2, 0) is 16.0 Å². The molecular formula is C17H14ClFN2O2. The van der Waals surface area contributed by atoms with Crippen LogP contribution in [0.4, 0.5) is 4.39 Å². The van der Waals surface area contributed by atoms with Gasteiger partial charge in [0, 0.05) is 6.08 Å². The lowest BCUT2D eigenvalue weighted by Crippen LogP contribution is -2.41. The molecule has 0 aliphatic carbocycles. The van der Waals surface area contributed by atoms with Crippen molar-refractivity contribution in [3.05, 3.63) is 76.6 Å². The summed E-state index contributed by atoms with van der Waals surface area (Å²) in [6.45, 7) is 0. The molecule has 118 valence electrons. The fraction of sp³-hybridized carbons (Fsp3) is 0.0588. The third-order valence-corrected chi connectivity index (χ3v) is 3.19. The van der Waals surface area contributed by atoms with Gasteiger partial charge >= 0.3 is 0 Å². The van der Waals surface area contributed by atoms with Gasteiger partial charge in [0.2, 0.25) is 5.91 Å². The summed E-state index contributed by atoms with van der Waals surface area (Å²) in [5.41, 5.74) is 5.99. The van der Waals surface area contributed by atoms with Crippen molar-refractivity contribution < 1.29 is 14.0 Å². The maximum atomic E-state index is 13.0. The molecule has 2 N–H and O–H groups in total. The largest absolute Gasteiger partial charge is 0.273 e. The summed E-state index contributed by atoms with van der Waals surface area (Å²) in [6.07, 6.45) is 2.84. The van der Waals surface area contributed by atoms with E-state index in [1.807, 2.05) is 30.3 Å². The highest BCUT2D eigenvalue weighted by Crippen LogP contribution is 2.16. The number of hydrogen-bond acceptors (Lipinski definition) is 2. The van der Waals surface area contributed by atoms with Gasteiger partial charge in [0.1, 0.15) is 5.82 Å². The lowest BCUT2D eigenvalue weighted by Gasteiger charge is -2.05. The van der Waals surface area contributed by atoms with Gasteiger partial charge in [0.25, 0.3) is 5.91 Å². The number of carbonyl (C=O) groups excluding carboxylic acids is 2. The first-order valence-corrected chi connectivity index (χ1v) is 7.18. The average molecular weight is 333 g/mol. The highest BCUT2D eigenvalue weighted by atomic mass is 35.5. The van der Waals surface area contributed by atoms with Gasteiger partial charge in [-0.1, -0.05) is 48.0 Å². The number of nitrogens with one attached hydrogen (secondary N) is 2. The van der Waals surface area contributed by atoms with Crippen LogP contribution in [0, 0.1) is 5.82 Å². The molecule has 4 nitrogen and oxygen atoms in total. The first-order chi connectivity index (χ1) is 11.0. The zero-order chi connectivity index (χ0) is 16.7. The van der Waals surface area contributed by atoms with Crippen LogP contribution >= 0.6 is 11.6 Å². The molecule has 6 heteroatoms. The molecule has 0 saturated carbocycles. The first kappa shape index (κ1) is 16.7. The van der Waals surface area contributed by atoms with E-state index in [4.69, 9.17) is 11.6 Å². The Morgan fingerprint density at radius 3 is 2.52 bits per heavy atom. The smallest absolute Gasteiger partial charge is 0.262 e. The number of rotatable bonds is 4. The van der Waals surface area contributed by atoms with E-state index in [1.165, 1.54) is 30.4 Å². The van der Waals surface area contributed by atoms with Gasteiger partial charge in [-0.2, -0.15) is 0 Å². The number of amides is 2. The van der Waals surface area contributed by atoms with Crippen molar-refractivity contribution in [1.29, 1.82) is 0 Å². The summed E-state index contributed by atoms with van der Waals surface area (Å²) < 4.78 is 13.0. The van der Waals surface area contributed by atoms with Crippen molar-refractivity contribution in [3.8, 4) is 0 Å². The third-order valence-electron chi connectivity index (χ3n) is 2.90. The molecule has 2 amide bonds. The highest BCUT2D eigenvalue weighted by Gasteiger charge is 2.04. The van der Waals surface area contributed by atoms with E-state index in [1.54, 1.807) is 0 Å². The van der Waals surface area contributed by atoms with Gasteiger partial charge in [-0.15, -0.1) is 0 Å². The summed E-state index contributed by atoms with van der Waals surface area (Å²) in [6, 6.07) is 13.2. The minimum Gasteiger partial charge on any atom is -0.273 e. The van der Waals surface area contributed by atoms with Crippen LogP contribution < -0.4 is 10.9 Å². The van der Waals surface area contributed by atoms with Gasteiger partial charge in [-0.3, -0.25) is 20.4 Å². The van der Waals surface area contributed by atoms with Gasteiger partial charge < -0.3 is 0 Å². The second kappa shape index (κ2) is 8.10. The summed E-state index contributed by atoms with van der Waals surface area (Å²) in [5, 5.41) is -0.0243. The fourth-order valence-corrected chi connectivity index (χ4v) is 1.98. The van der Waals surface area contributed by atoms with Crippen molar-refractivity contribution in [3.63, 3.8) is 0 Å². The number of hydrazine groups is 1. The van der Waals surface area contributed by atoms with Crippen LogP contribution in [0.3, 0.4) is 0 Å². The number of carbonyl (C=O) groups is 2. The second-order valence-electron chi connectivity index (χ2n) is 4.71. The zero-order valence-corrected chi connectivity index (χ0v) is 12.8. The molecule has 2 aromatic carbocycles. The zero-order valence-electron chi connectivity index (χ0n) is 12.1. The Kier molecular flexibility index (Phi) is 5.88. The SMILES string of the molecule is O=C(/C=C/c1ccc(F)c(Cl)c1)NNC(=O)Cc1ccccc1. The van der Waals surface area contributed by atoms with E-state index in [-0.39, 0.29) is 17.4 Å². The monoisotopic (exact) mass is 332 g/mol. The van der Waals surface area contributed by atoms with Crippen molar-refractivity contribution in [2.75, 3.05) is 0 Å². The molecule has 0 bridgehead atoms. The van der Waals surface area contributed by atoms with Crippen LogP contribution in [0.25, 0.3) is 6.08 Å². The average Bonchev–Trinajstić information content (AvgIpc) is 2.55. The molecule has 0 saturated heterocycles. The molecule has 2 aromatic rings. The Hall–Kier alpha value is -2.66. The van der Waals surface area contributed by atoms with Crippen molar-refractivity contribution in [1.82, 2.24) is 10.9 Å². The Morgan fingerprint density at radius 1 is 1.09 bits per heavy atom. The van der Waals surface area contributed by atoms with Crippen LogP contribution in [-0.4, -0.2) is 11.8 Å². The molecule has 0 fully saturated rings. The molecule has 0 heterocycles. The standard InChI is InChI=1S/C17H14ClFN2O2/c18-14-10-13(6-8-15(14)19)7-9-16(22)20-21-17(23)11-12-4-2-1-3-5-12/h1-10H,11H2,(H,20,22)(H,21,23)/b9-7+. The Labute approximate surface area is 137 Å². The highest BCUT2D eigenvalue weighted by molar-refractivity contribution is 6.30. The van der Waals surface area contributed by atoms with E-state index in [2.05, 4.69) is 10.9 Å². The number of benzene rings is 2. The van der Waals surface area contributed by atoms with Gasteiger partial charge in [0.15, 0.2) is 0 Å². The predicted molar refractivity (Wildman–Crippen MR) is 86.9 cm³/mol. The van der Waals surface area contributed by atoms with E-state index < -0.39 is 11.7 Å². The molecule has 0 aromatic heterocycles. The molecule has 0 atom stereocenters. The quantitative estimate of drug-likeness (QED) is 0.668. The molecule has 0 spiro atoms. The molecule has 0 aliphatic heterocycles. The van der Waals surface area contributed by atoms with Gasteiger partial charge in [-0.05, 0) is 29.3 Å². The maximum absolute atomic E-state index is 13.0. The molecular weight excluding hydrogens is 319 g/mol. The Balaban J connectivity index is 1.81. The summed E-state index contributed by atoms with van der Waals surface area (Å²) in [7, 11) is 0. The molecule has 0 unspecified atom stereocenters. The van der Waals surface area contributed by atoms with E-state index in [9.17, 15) is 14.0 Å². The van der Waals surface area contributed by atoms with Crippen LogP contribution in [0.1, 0.15) is 11.1 Å². The fourth-order valence-electron chi connectivity index (χ4n) is 1.79. The topological polar surface area (TPSA) is 58.2 Å². The summed E-state index contributed by atoms with van der Waals surface area (Å²) in [5.74, 6) is -1.36. The normalized spacial score (nSPS) is 10.5. The molecule has 0 aliphatic rings. The lowest BCUT2D eigenvalue weighted by molar-refractivity contribution is -0.126. The van der Waals surface area contributed by atoms with Crippen molar-refractivity contribution in [2.24, 2.45) is 0 Å². The van der Waals surface area contributed by atoms with Gasteiger partial charge in [0.05, 0.1) is 11.4 Å². The van der Waals surface area contributed by atoms with E-state index >= 15 is 0 Å². The van der Waals surface area contributed by atoms with Crippen LogP contribution in [0.2, 0.25) is 5.02 Å². The lowest BCUT2D eigenvalue weighted by atomic mass is 10.1. The first-order valence-electron chi connectivity index (χ1n) is 6.80. The maximum Gasteiger partial charge on any atom is 0.262 e. The van der Waals surface area contributed by atoms with Crippen LogP contribution in [0.15, 0.2) is 54.6 Å². The Morgan fingerprint density at radius 2 is 1.83 bits per heavy atom. The Bertz CT molecular complexity index is 733. The number of halogens is 2. The predicted octanol–water partition coefficient (Wildman–Crippen LogP) is 2.88. The molecule has 0 radical (unpaired) electrons. The minimum atomic E-state index is -0.526. The summed E-state index contributed by atoms with van der Waals surface area (Å²) in [4.78, 5) is 23.3. The summed E-state index contributed by atoms with van der Waals surface area (Å²) >= 11 is 5.64. The van der Waals surface area contributed by atoms with E-state index in [0.717, 1.165) is 5.56 Å².